The first-order chi connectivity index (χ1) is 9.14. The maximum Gasteiger partial charge on any atom is 0.317 e. The van der Waals surface area contributed by atoms with E-state index in [4.69, 9.17) is 4.74 Å². The predicted molar refractivity (Wildman–Crippen MR) is 84.2 cm³/mol. The van der Waals surface area contributed by atoms with E-state index in [1.54, 1.807) is 0 Å². The van der Waals surface area contributed by atoms with Gasteiger partial charge >= 0.3 is 5.97 Å². The summed E-state index contributed by atoms with van der Waals surface area (Å²) in [7, 11) is 0. The third kappa shape index (κ3) is 3.62. The Hall–Kier alpha value is -1.31. The number of hydrogen-bond acceptors (Lipinski definition) is 2. The summed E-state index contributed by atoms with van der Waals surface area (Å²) in [6.45, 7) is 14.5. The van der Waals surface area contributed by atoms with Gasteiger partial charge < -0.3 is 4.74 Å². The molecule has 2 heteroatoms. The molecule has 0 saturated heterocycles. The molecule has 0 spiro atoms. The van der Waals surface area contributed by atoms with E-state index in [-0.39, 0.29) is 11.4 Å². The van der Waals surface area contributed by atoms with Crippen LogP contribution in [0.2, 0.25) is 0 Å². The molecule has 112 valence electrons. The average molecular weight is 276 g/mol. The fourth-order valence-electron chi connectivity index (χ4n) is 2.08. The first-order valence-electron chi connectivity index (χ1n) is 7.47. The average Bonchev–Trinajstić information content (AvgIpc) is 2.38. The van der Waals surface area contributed by atoms with E-state index >= 15 is 0 Å². The van der Waals surface area contributed by atoms with E-state index in [9.17, 15) is 4.79 Å². The van der Waals surface area contributed by atoms with Gasteiger partial charge in [-0.2, -0.15) is 0 Å². The van der Waals surface area contributed by atoms with Crippen molar-refractivity contribution in [2.24, 2.45) is 5.41 Å². The van der Waals surface area contributed by atoms with Crippen molar-refractivity contribution in [1.29, 1.82) is 0 Å². The maximum absolute atomic E-state index is 12.4. The van der Waals surface area contributed by atoms with E-state index in [0.29, 0.717) is 5.75 Å². The molecule has 1 aromatic rings. The van der Waals surface area contributed by atoms with Gasteiger partial charge in [0.1, 0.15) is 5.75 Å². The van der Waals surface area contributed by atoms with Gasteiger partial charge in [0.25, 0.3) is 0 Å². The van der Waals surface area contributed by atoms with E-state index in [0.717, 1.165) is 18.4 Å². The SMILES string of the molecule is CCC(C)(CC)C(=O)Oc1ccc(C)cc1C(C)(C)C. The highest BCUT2D eigenvalue weighted by atomic mass is 16.5. The minimum atomic E-state index is -0.403. The van der Waals surface area contributed by atoms with Crippen LogP contribution in [0.3, 0.4) is 0 Å². The molecule has 2 nitrogen and oxygen atoms in total. The van der Waals surface area contributed by atoms with Gasteiger partial charge in [0, 0.05) is 5.56 Å². The lowest BCUT2D eigenvalue weighted by molar-refractivity contribution is -0.145. The first kappa shape index (κ1) is 16.7. The molecule has 1 aromatic carbocycles. The molecule has 0 aliphatic carbocycles. The number of benzene rings is 1. The summed E-state index contributed by atoms with van der Waals surface area (Å²) in [5.74, 6) is 0.568. The molecule has 0 heterocycles. The Bertz CT molecular complexity index is 477. The lowest BCUT2D eigenvalue weighted by Crippen LogP contribution is -2.31. The minimum Gasteiger partial charge on any atom is -0.426 e. The first-order valence-corrected chi connectivity index (χ1v) is 7.47. The summed E-state index contributed by atoms with van der Waals surface area (Å²) in [6, 6.07) is 6.02. The van der Waals surface area contributed by atoms with Crippen LogP contribution in [0.25, 0.3) is 0 Å². The van der Waals surface area contributed by atoms with Crippen molar-refractivity contribution in [3.05, 3.63) is 29.3 Å². The molecule has 0 N–H and O–H groups in total. The van der Waals surface area contributed by atoms with Crippen LogP contribution in [0.1, 0.15) is 65.5 Å². The zero-order valence-electron chi connectivity index (χ0n) is 14.0. The molecule has 0 unspecified atom stereocenters. The minimum absolute atomic E-state index is 0.0452. The number of carbonyl (C=O) groups excluding carboxylic acids is 1. The fraction of sp³-hybridized carbons (Fsp3) is 0.611. The number of ether oxygens (including phenoxy) is 1. The van der Waals surface area contributed by atoms with Crippen LogP contribution in [0, 0.1) is 12.3 Å². The third-order valence-corrected chi connectivity index (χ3v) is 4.20. The zero-order chi connectivity index (χ0) is 15.6. The number of hydrogen-bond donors (Lipinski definition) is 0. The Balaban J connectivity index is 3.13. The summed E-state index contributed by atoms with van der Waals surface area (Å²) >= 11 is 0. The molecular formula is C18H28O2. The van der Waals surface area contributed by atoms with Crippen molar-refractivity contribution >= 4 is 5.97 Å². The Labute approximate surface area is 123 Å². The smallest absolute Gasteiger partial charge is 0.317 e. The molecule has 0 bridgehead atoms. The van der Waals surface area contributed by atoms with E-state index in [2.05, 4.69) is 33.8 Å². The molecule has 0 aromatic heterocycles. The lowest BCUT2D eigenvalue weighted by Gasteiger charge is -2.27. The van der Waals surface area contributed by atoms with Crippen LogP contribution in [0.5, 0.6) is 5.75 Å². The molecule has 0 atom stereocenters. The number of carbonyl (C=O) groups is 1. The molecule has 1 rings (SSSR count). The van der Waals surface area contributed by atoms with Crippen LogP contribution in [-0.2, 0) is 10.2 Å². The topological polar surface area (TPSA) is 26.3 Å². The van der Waals surface area contributed by atoms with Crippen LogP contribution < -0.4 is 4.74 Å². The standard InChI is InChI=1S/C18H28O2/c1-8-18(7,9-2)16(19)20-15-11-10-13(3)12-14(15)17(4,5)6/h10-12H,8-9H2,1-7H3. The Kier molecular flexibility index (Phi) is 5.01. The largest absolute Gasteiger partial charge is 0.426 e. The van der Waals surface area contributed by atoms with Gasteiger partial charge in [-0.25, -0.2) is 0 Å². The fourth-order valence-corrected chi connectivity index (χ4v) is 2.08. The predicted octanol–water partition coefficient (Wildman–Crippen LogP) is 5.02. The van der Waals surface area contributed by atoms with Crippen LogP contribution in [0.15, 0.2) is 18.2 Å². The second kappa shape index (κ2) is 5.99. The zero-order valence-corrected chi connectivity index (χ0v) is 14.0. The lowest BCUT2D eigenvalue weighted by atomic mass is 9.84. The van der Waals surface area contributed by atoms with Crippen LogP contribution in [0.4, 0.5) is 0 Å². The molecule has 0 aliphatic heterocycles. The molecule has 0 saturated carbocycles. The summed E-state index contributed by atoms with van der Waals surface area (Å²) < 4.78 is 5.74. The molecule has 0 fully saturated rings. The van der Waals surface area contributed by atoms with Gasteiger partial charge in [-0.05, 0) is 38.2 Å². The van der Waals surface area contributed by atoms with Gasteiger partial charge in [0.15, 0.2) is 0 Å². The van der Waals surface area contributed by atoms with Gasteiger partial charge in [0.2, 0.25) is 0 Å². The summed E-state index contributed by atoms with van der Waals surface area (Å²) in [5.41, 5.74) is 1.82. The highest BCUT2D eigenvalue weighted by molar-refractivity contribution is 5.79. The second-order valence-corrected chi connectivity index (χ2v) is 6.91. The molecule has 0 aliphatic rings. The normalized spacial score (nSPS) is 12.3. The van der Waals surface area contributed by atoms with Crippen molar-refractivity contribution < 1.29 is 9.53 Å². The van der Waals surface area contributed by atoms with Crippen molar-refractivity contribution in [2.75, 3.05) is 0 Å². The Morgan fingerprint density at radius 1 is 1.10 bits per heavy atom. The Morgan fingerprint density at radius 2 is 1.65 bits per heavy atom. The summed E-state index contributed by atoms with van der Waals surface area (Å²) in [6.07, 6.45) is 1.58. The van der Waals surface area contributed by atoms with Crippen LogP contribution >= 0.6 is 0 Å². The van der Waals surface area contributed by atoms with E-state index < -0.39 is 5.41 Å². The molecular weight excluding hydrogens is 248 g/mol. The van der Waals surface area contributed by atoms with E-state index in [1.807, 2.05) is 32.9 Å². The summed E-state index contributed by atoms with van der Waals surface area (Å²) in [4.78, 5) is 12.4. The van der Waals surface area contributed by atoms with Crippen molar-refractivity contribution in [3.63, 3.8) is 0 Å². The van der Waals surface area contributed by atoms with Crippen molar-refractivity contribution in [2.45, 2.75) is 66.7 Å². The molecule has 20 heavy (non-hydrogen) atoms. The van der Waals surface area contributed by atoms with Gasteiger partial charge in [-0.3, -0.25) is 4.79 Å². The van der Waals surface area contributed by atoms with Gasteiger partial charge in [-0.1, -0.05) is 52.3 Å². The highest BCUT2D eigenvalue weighted by Gasteiger charge is 2.32. The van der Waals surface area contributed by atoms with Crippen molar-refractivity contribution in [3.8, 4) is 5.75 Å². The van der Waals surface area contributed by atoms with E-state index in [1.165, 1.54) is 5.56 Å². The van der Waals surface area contributed by atoms with Crippen molar-refractivity contribution in [1.82, 2.24) is 0 Å². The Morgan fingerprint density at radius 3 is 2.10 bits per heavy atom. The number of aryl methyl sites for hydroxylation is 1. The van der Waals surface area contributed by atoms with Gasteiger partial charge in [-0.15, -0.1) is 0 Å². The maximum atomic E-state index is 12.4. The number of rotatable bonds is 4. The van der Waals surface area contributed by atoms with Gasteiger partial charge in [0.05, 0.1) is 5.41 Å². The quantitative estimate of drug-likeness (QED) is 0.570. The highest BCUT2D eigenvalue weighted by Crippen LogP contribution is 2.34. The summed E-state index contributed by atoms with van der Waals surface area (Å²) in [5, 5.41) is 0. The molecule has 0 radical (unpaired) electrons. The van der Waals surface area contributed by atoms with Crippen LogP contribution in [-0.4, -0.2) is 5.97 Å². The molecule has 0 amide bonds. The number of esters is 1. The monoisotopic (exact) mass is 276 g/mol. The third-order valence-electron chi connectivity index (χ3n) is 4.20. The second-order valence-electron chi connectivity index (χ2n) is 6.91.